The Morgan fingerprint density at radius 2 is 2.06 bits per heavy atom. The molecule has 0 spiro atoms. The van der Waals surface area contributed by atoms with Crippen LogP contribution in [0.2, 0.25) is 0 Å². The van der Waals surface area contributed by atoms with Crippen molar-refractivity contribution >= 4 is 28.9 Å². The van der Waals surface area contributed by atoms with Gasteiger partial charge in [-0.15, -0.1) is 23.7 Å². The minimum absolute atomic E-state index is 0. The van der Waals surface area contributed by atoms with Gasteiger partial charge < -0.3 is 10.6 Å². The molecule has 0 amide bonds. The summed E-state index contributed by atoms with van der Waals surface area (Å²) in [6.45, 7) is 8.19. The third-order valence-corrected chi connectivity index (χ3v) is 3.71. The highest BCUT2D eigenvalue weighted by Crippen LogP contribution is 2.21. The van der Waals surface area contributed by atoms with Gasteiger partial charge in [0.1, 0.15) is 0 Å². The topological polar surface area (TPSA) is 45.4 Å². The lowest BCUT2D eigenvalue weighted by atomic mass is 10.3. The fourth-order valence-corrected chi connectivity index (χ4v) is 2.69. The largest absolute Gasteiger partial charge is 0.346 e. The number of hydrogen-bond donors (Lipinski definition) is 1. The fourth-order valence-electron chi connectivity index (χ4n) is 1.83. The van der Waals surface area contributed by atoms with Crippen molar-refractivity contribution in [2.24, 2.45) is 5.73 Å². The molecule has 0 aliphatic carbocycles. The van der Waals surface area contributed by atoms with Crippen LogP contribution in [0.4, 0.5) is 5.13 Å². The molecule has 0 unspecified atom stereocenters. The summed E-state index contributed by atoms with van der Waals surface area (Å²) in [5.41, 5.74) is 6.67. The van der Waals surface area contributed by atoms with Crippen LogP contribution in [0.25, 0.3) is 0 Å². The molecular formula is C10H19ClN4S. The molecule has 1 aromatic rings. The minimum Gasteiger partial charge on any atom is -0.346 e. The first-order valence-electron chi connectivity index (χ1n) is 5.39. The van der Waals surface area contributed by atoms with Crippen molar-refractivity contribution in [3.63, 3.8) is 0 Å². The van der Waals surface area contributed by atoms with Crippen molar-refractivity contribution in [3.05, 3.63) is 11.1 Å². The molecule has 0 radical (unpaired) electrons. The molecule has 1 aliphatic rings. The Balaban J connectivity index is 0.00000128. The molecule has 0 atom stereocenters. The van der Waals surface area contributed by atoms with E-state index in [-0.39, 0.29) is 12.4 Å². The van der Waals surface area contributed by atoms with E-state index in [1.807, 2.05) is 6.92 Å². The van der Waals surface area contributed by atoms with E-state index in [1.54, 1.807) is 11.3 Å². The van der Waals surface area contributed by atoms with Crippen LogP contribution in [-0.4, -0.2) is 49.2 Å². The highest BCUT2D eigenvalue weighted by Gasteiger charge is 2.18. The standard InChI is InChI=1S/C10H18N4S.ClH/c1-9-8-15-10(12-9)14-6-4-13(3-2-11)5-7-14;/h8H,2-7,11H2,1H3;1H. The van der Waals surface area contributed by atoms with Crippen LogP contribution in [0.15, 0.2) is 5.38 Å². The van der Waals surface area contributed by atoms with E-state index >= 15 is 0 Å². The summed E-state index contributed by atoms with van der Waals surface area (Å²) < 4.78 is 0. The molecule has 0 aromatic carbocycles. The van der Waals surface area contributed by atoms with Gasteiger partial charge in [0.2, 0.25) is 0 Å². The van der Waals surface area contributed by atoms with E-state index in [0.29, 0.717) is 0 Å². The smallest absolute Gasteiger partial charge is 0.185 e. The van der Waals surface area contributed by atoms with Gasteiger partial charge in [-0.25, -0.2) is 4.98 Å². The second-order valence-electron chi connectivity index (χ2n) is 3.89. The van der Waals surface area contributed by atoms with Crippen molar-refractivity contribution in [1.29, 1.82) is 0 Å². The van der Waals surface area contributed by atoms with E-state index in [0.717, 1.165) is 45.0 Å². The summed E-state index contributed by atoms with van der Waals surface area (Å²) in [5, 5.41) is 3.28. The van der Waals surface area contributed by atoms with Crippen molar-refractivity contribution in [1.82, 2.24) is 9.88 Å². The Morgan fingerprint density at radius 1 is 1.38 bits per heavy atom. The number of aryl methyl sites for hydroxylation is 1. The second-order valence-corrected chi connectivity index (χ2v) is 4.73. The zero-order valence-corrected chi connectivity index (χ0v) is 11.2. The van der Waals surface area contributed by atoms with Crippen molar-refractivity contribution in [2.75, 3.05) is 44.2 Å². The molecule has 1 fully saturated rings. The van der Waals surface area contributed by atoms with E-state index in [1.165, 1.54) is 5.13 Å². The maximum Gasteiger partial charge on any atom is 0.185 e. The predicted molar refractivity (Wildman–Crippen MR) is 71.8 cm³/mol. The summed E-state index contributed by atoms with van der Waals surface area (Å²) >= 11 is 1.74. The number of piperazine rings is 1. The monoisotopic (exact) mass is 262 g/mol. The molecule has 4 nitrogen and oxygen atoms in total. The van der Waals surface area contributed by atoms with Gasteiger partial charge >= 0.3 is 0 Å². The van der Waals surface area contributed by atoms with Crippen molar-refractivity contribution in [2.45, 2.75) is 6.92 Å². The molecule has 0 bridgehead atoms. The quantitative estimate of drug-likeness (QED) is 0.881. The third-order valence-electron chi connectivity index (χ3n) is 2.70. The Morgan fingerprint density at radius 3 is 2.56 bits per heavy atom. The molecule has 16 heavy (non-hydrogen) atoms. The van der Waals surface area contributed by atoms with Crippen molar-refractivity contribution < 1.29 is 0 Å². The molecule has 1 aliphatic heterocycles. The number of aromatic nitrogens is 1. The normalized spacial score (nSPS) is 17.2. The lowest BCUT2D eigenvalue weighted by molar-refractivity contribution is 0.265. The molecule has 1 aromatic heterocycles. The first-order chi connectivity index (χ1) is 7.29. The second kappa shape index (κ2) is 6.39. The van der Waals surface area contributed by atoms with Gasteiger partial charge in [0, 0.05) is 44.6 Å². The van der Waals surface area contributed by atoms with Gasteiger partial charge in [0.15, 0.2) is 5.13 Å². The van der Waals surface area contributed by atoms with Crippen LogP contribution in [0.1, 0.15) is 5.69 Å². The summed E-state index contributed by atoms with van der Waals surface area (Å²) in [5.74, 6) is 0. The van der Waals surface area contributed by atoms with Gasteiger partial charge in [-0.1, -0.05) is 0 Å². The van der Waals surface area contributed by atoms with Gasteiger partial charge in [0.05, 0.1) is 5.69 Å². The molecule has 92 valence electrons. The Kier molecular flexibility index (Phi) is 5.48. The number of hydrogen-bond acceptors (Lipinski definition) is 5. The van der Waals surface area contributed by atoms with Crippen LogP contribution < -0.4 is 10.6 Å². The molecule has 6 heteroatoms. The fraction of sp³-hybridized carbons (Fsp3) is 0.700. The van der Waals surface area contributed by atoms with Crippen LogP contribution >= 0.6 is 23.7 Å². The SMILES string of the molecule is Cc1csc(N2CCN(CCN)CC2)n1.Cl. The number of nitrogens with two attached hydrogens (primary N) is 1. The number of rotatable bonds is 3. The zero-order chi connectivity index (χ0) is 10.7. The Bertz CT molecular complexity index is 310. The average molecular weight is 263 g/mol. The summed E-state index contributed by atoms with van der Waals surface area (Å²) in [6, 6.07) is 0. The third kappa shape index (κ3) is 3.31. The van der Waals surface area contributed by atoms with Gasteiger partial charge in [0.25, 0.3) is 0 Å². The lowest BCUT2D eigenvalue weighted by Crippen LogP contribution is -2.47. The van der Waals surface area contributed by atoms with E-state index < -0.39 is 0 Å². The molecule has 0 saturated carbocycles. The molecule has 1 saturated heterocycles. The zero-order valence-electron chi connectivity index (χ0n) is 9.56. The van der Waals surface area contributed by atoms with Crippen LogP contribution in [0, 0.1) is 6.92 Å². The Hall–Kier alpha value is -0.360. The summed E-state index contributed by atoms with van der Waals surface area (Å²) in [7, 11) is 0. The summed E-state index contributed by atoms with van der Waals surface area (Å²) in [4.78, 5) is 9.29. The molecule has 2 heterocycles. The van der Waals surface area contributed by atoms with E-state index in [9.17, 15) is 0 Å². The predicted octanol–water partition coefficient (Wildman–Crippen LogP) is 0.954. The van der Waals surface area contributed by atoms with Gasteiger partial charge in [-0.3, -0.25) is 4.90 Å². The van der Waals surface area contributed by atoms with Crippen LogP contribution in [0.5, 0.6) is 0 Å². The number of nitrogens with zero attached hydrogens (tertiary/aromatic N) is 3. The number of halogens is 1. The van der Waals surface area contributed by atoms with Crippen molar-refractivity contribution in [3.8, 4) is 0 Å². The van der Waals surface area contributed by atoms with Crippen LogP contribution in [-0.2, 0) is 0 Å². The maximum absolute atomic E-state index is 5.54. The first kappa shape index (κ1) is 13.7. The molecule has 2 N–H and O–H groups in total. The molecular weight excluding hydrogens is 244 g/mol. The molecule has 2 rings (SSSR count). The first-order valence-corrected chi connectivity index (χ1v) is 6.27. The average Bonchev–Trinajstić information content (AvgIpc) is 2.67. The highest BCUT2D eigenvalue weighted by atomic mass is 35.5. The summed E-state index contributed by atoms with van der Waals surface area (Å²) in [6.07, 6.45) is 0. The van der Waals surface area contributed by atoms with E-state index in [2.05, 4.69) is 20.2 Å². The van der Waals surface area contributed by atoms with Gasteiger partial charge in [-0.05, 0) is 6.92 Å². The Labute approximate surface area is 107 Å². The van der Waals surface area contributed by atoms with Gasteiger partial charge in [-0.2, -0.15) is 0 Å². The minimum atomic E-state index is 0. The van der Waals surface area contributed by atoms with Crippen LogP contribution in [0.3, 0.4) is 0 Å². The maximum atomic E-state index is 5.54. The lowest BCUT2D eigenvalue weighted by Gasteiger charge is -2.34. The highest BCUT2D eigenvalue weighted by molar-refractivity contribution is 7.13. The van der Waals surface area contributed by atoms with E-state index in [4.69, 9.17) is 5.73 Å². The number of anilines is 1. The number of thiazole rings is 1.